The summed E-state index contributed by atoms with van der Waals surface area (Å²) in [4.78, 5) is 19.1. The molecular weight excluding hydrogens is 350 g/mol. The first-order valence-corrected chi connectivity index (χ1v) is 9.11. The van der Waals surface area contributed by atoms with Gasteiger partial charge in [0.2, 0.25) is 11.7 Å². The molecule has 0 aliphatic heterocycles. The zero-order valence-electron chi connectivity index (χ0n) is 16.6. The Morgan fingerprint density at radius 2 is 1.79 bits per heavy atom. The van der Waals surface area contributed by atoms with E-state index in [1.165, 1.54) is 0 Å². The molecule has 0 amide bonds. The first-order chi connectivity index (χ1) is 13.3. The zero-order chi connectivity index (χ0) is 20.4. The number of nitrogens with zero attached hydrogens (tertiary/aromatic N) is 3. The highest BCUT2D eigenvalue weighted by Crippen LogP contribution is 2.36. The van der Waals surface area contributed by atoms with Gasteiger partial charge >= 0.3 is 0 Å². The van der Waals surface area contributed by atoms with Crippen LogP contribution in [0.15, 0.2) is 41.4 Å². The molecule has 0 saturated carbocycles. The van der Waals surface area contributed by atoms with Gasteiger partial charge in [-0.1, -0.05) is 18.2 Å². The number of aromatic nitrogens is 1. The van der Waals surface area contributed by atoms with Gasteiger partial charge in [0.1, 0.15) is 6.54 Å². The number of benzene rings is 2. The van der Waals surface area contributed by atoms with Crippen molar-refractivity contribution in [2.75, 3.05) is 13.1 Å². The van der Waals surface area contributed by atoms with Crippen molar-refractivity contribution < 1.29 is 9.90 Å². The third-order valence-corrected chi connectivity index (χ3v) is 4.67. The van der Waals surface area contributed by atoms with Crippen molar-refractivity contribution in [3.8, 4) is 11.6 Å². The molecule has 0 fully saturated rings. The molecule has 0 aliphatic rings. The first-order valence-electron chi connectivity index (χ1n) is 9.11. The Bertz CT molecular complexity index is 1130. The fourth-order valence-corrected chi connectivity index (χ4v) is 3.51. The Balaban J connectivity index is 2.23. The lowest BCUT2D eigenvalue weighted by molar-refractivity contribution is -0.115. The molecule has 1 aromatic heterocycles. The van der Waals surface area contributed by atoms with E-state index in [2.05, 4.69) is 15.9 Å². The predicted molar refractivity (Wildman–Crippen MR) is 113 cm³/mol. The molecule has 28 heavy (non-hydrogen) atoms. The number of aromatic hydroxyl groups is 1. The van der Waals surface area contributed by atoms with E-state index < -0.39 is 0 Å². The van der Waals surface area contributed by atoms with Crippen molar-refractivity contribution in [2.45, 2.75) is 27.7 Å². The topological polar surface area (TPSA) is 58.9 Å². The van der Waals surface area contributed by atoms with Crippen LogP contribution < -0.4 is 0 Å². The average molecular weight is 373 g/mol. The number of hydrogen-bond acceptors (Lipinski definition) is 3. The van der Waals surface area contributed by atoms with E-state index in [1.807, 2.05) is 55.7 Å². The quantitative estimate of drug-likeness (QED) is 0.526. The summed E-state index contributed by atoms with van der Waals surface area (Å²) in [6.07, 6.45) is 0. The highest BCUT2D eigenvalue weighted by molar-refractivity contribution is 6.13. The lowest BCUT2D eigenvalue weighted by Crippen LogP contribution is -2.08. The average Bonchev–Trinajstić information content (AvgIpc) is 2.90. The van der Waals surface area contributed by atoms with Crippen LogP contribution in [-0.4, -0.2) is 34.3 Å². The molecule has 0 radical (unpaired) electrons. The van der Waals surface area contributed by atoms with Gasteiger partial charge in [-0.3, -0.25) is 14.4 Å². The van der Waals surface area contributed by atoms with Gasteiger partial charge in [0.25, 0.3) is 6.54 Å². The number of hydrogen-bond donors (Lipinski definition) is 1. The highest BCUT2D eigenvalue weighted by Gasteiger charge is 2.20. The maximum Gasteiger partial charge on any atom is 0.273 e. The van der Waals surface area contributed by atoms with Crippen molar-refractivity contribution in [2.24, 2.45) is 4.99 Å². The second-order valence-corrected chi connectivity index (χ2v) is 7.16. The highest BCUT2D eigenvalue weighted by atomic mass is 16.3. The van der Waals surface area contributed by atoms with Gasteiger partial charge in [-0.15, -0.1) is 0 Å². The van der Waals surface area contributed by atoms with Gasteiger partial charge in [-0.25, -0.2) is 6.57 Å². The summed E-state index contributed by atoms with van der Waals surface area (Å²) in [5, 5.41) is 12.0. The SMILES string of the molecule is [C-]#[N+]CC(=O)CN=C(C)c1c(O)n(-c2cc(C)cc(C)c2)c2cc(C)ccc12. The summed E-state index contributed by atoms with van der Waals surface area (Å²) in [6.45, 7) is 14.4. The second kappa shape index (κ2) is 7.69. The van der Waals surface area contributed by atoms with Crippen LogP contribution in [-0.2, 0) is 4.79 Å². The predicted octanol–water partition coefficient (Wildman–Crippen LogP) is 4.56. The van der Waals surface area contributed by atoms with E-state index >= 15 is 0 Å². The van der Waals surface area contributed by atoms with Crippen LogP contribution in [0.1, 0.15) is 29.2 Å². The summed E-state index contributed by atoms with van der Waals surface area (Å²) < 4.78 is 1.83. The van der Waals surface area contributed by atoms with Crippen molar-refractivity contribution in [1.82, 2.24) is 4.57 Å². The molecular formula is C23H23N3O2. The number of aliphatic imine (C=N–C) groups is 1. The summed E-state index contributed by atoms with van der Waals surface area (Å²) in [5.41, 5.74) is 6.27. The minimum Gasteiger partial charge on any atom is -0.494 e. The number of carbonyl (C=O) groups excluding carboxylic acids is 1. The molecule has 5 nitrogen and oxygen atoms in total. The zero-order valence-corrected chi connectivity index (χ0v) is 16.6. The number of rotatable bonds is 5. The van der Waals surface area contributed by atoms with Crippen LogP contribution in [0.2, 0.25) is 0 Å². The van der Waals surface area contributed by atoms with E-state index in [1.54, 1.807) is 6.92 Å². The number of ketones is 1. The molecule has 0 bridgehead atoms. The van der Waals surface area contributed by atoms with E-state index in [9.17, 15) is 9.90 Å². The van der Waals surface area contributed by atoms with Gasteiger partial charge in [0, 0.05) is 16.8 Å². The number of carbonyl (C=O) groups is 1. The minimum absolute atomic E-state index is 0.0598. The third kappa shape index (κ3) is 3.67. The molecule has 0 atom stereocenters. The number of fused-ring (bicyclic) bond motifs is 1. The first kappa shape index (κ1) is 19.4. The van der Waals surface area contributed by atoms with Crippen LogP contribution in [0.5, 0.6) is 5.88 Å². The molecule has 3 rings (SSSR count). The smallest absolute Gasteiger partial charge is 0.273 e. The van der Waals surface area contributed by atoms with Gasteiger partial charge in [0.05, 0.1) is 11.1 Å². The molecule has 1 N–H and O–H groups in total. The summed E-state index contributed by atoms with van der Waals surface area (Å²) in [7, 11) is 0. The van der Waals surface area contributed by atoms with Gasteiger partial charge in [0.15, 0.2) is 0 Å². The van der Waals surface area contributed by atoms with Gasteiger partial charge in [-0.05, 0) is 62.6 Å². The van der Waals surface area contributed by atoms with Crippen LogP contribution in [0.4, 0.5) is 0 Å². The number of Topliss-reactive ketones (excluding diaryl/α,β-unsaturated/α-hetero) is 1. The maximum atomic E-state index is 11.7. The summed E-state index contributed by atoms with van der Waals surface area (Å²) >= 11 is 0. The Kier molecular flexibility index (Phi) is 5.32. The maximum absolute atomic E-state index is 11.7. The lowest BCUT2D eigenvalue weighted by atomic mass is 10.1. The minimum atomic E-state index is -0.234. The van der Waals surface area contributed by atoms with E-state index in [0.717, 1.165) is 33.3 Å². The third-order valence-electron chi connectivity index (χ3n) is 4.67. The molecule has 5 heteroatoms. The normalized spacial score (nSPS) is 11.6. The molecule has 142 valence electrons. The lowest BCUT2D eigenvalue weighted by Gasteiger charge is -2.10. The largest absolute Gasteiger partial charge is 0.494 e. The number of aryl methyl sites for hydroxylation is 3. The van der Waals surface area contributed by atoms with Crippen molar-refractivity contribution >= 4 is 22.4 Å². The van der Waals surface area contributed by atoms with Gasteiger partial charge < -0.3 is 9.95 Å². The monoisotopic (exact) mass is 373 g/mol. The van der Waals surface area contributed by atoms with Crippen molar-refractivity contribution in [3.05, 3.63) is 70.1 Å². The molecule has 3 aromatic rings. The Morgan fingerprint density at radius 1 is 1.11 bits per heavy atom. The Labute approximate surface area is 164 Å². The Hall–Kier alpha value is -3.39. The van der Waals surface area contributed by atoms with Crippen LogP contribution in [0.3, 0.4) is 0 Å². The molecule has 2 aromatic carbocycles. The van der Waals surface area contributed by atoms with Crippen molar-refractivity contribution in [1.29, 1.82) is 0 Å². The van der Waals surface area contributed by atoms with Crippen LogP contribution in [0.25, 0.3) is 21.4 Å². The summed E-state index contributed by atoms with van der Waals surface area (Å²) in [5.74, 6) is -0.132. The van der Waals surface area contributed by atoms with Crippen LogP contribution >= 0.6 is 0 Å². The molecule has 0 saturated heterocycles. The van der Waals surface area contributed by atoms with Crippen LogP contribution in [0, 0.1) is 27.3 Å². The summed E-state index contributed by atoms with van der Waals surface area (Å²) in [6, 6.07) is 12.2. The molecule has 0 aliphatic carbocycles. The van der Waals surface area contributed by atoms with Crippen molar-refractivity contribution in [3.63, 3.8) is 0 Å². The fourth-order valence-electron chi connectivity index (χ4n) is 3.51. The fraction of sp³-hybridized carbons (Fsp3) is 0.261. The molecule has 0 spiro atoms. The molecule has 1 heterocycles. The second-order valence-electron chi connectivity index (χ2n) is 7.16. The van der Waals surface area contributed by atoms with E-state index in [4.69, 9.17) is 6.57 Å². The van der Waals surface area contributed by atoms with E-state index in [-0.39, 0.29) is 24.8 Å². The standard InChI is InChI=1S/C23H23N3O2/c1-14-6-7-20-21(11-14)26(18-9-15(2)8-16(3)10-18)23(28)22(20)17(4)25-13-19(27)12-24-5/h6-11,28H,12-13H2,1-4H3. The Morgan fingerprint density at radius 3 is 2.43 bits per heavy atom. The van der Waals surface area contributed by atoms with E-state index in [0.29, 0.717) is 11.3 Å². The van der Waals surface area contributed by atoms with Gasteiger partial charge in [-0.2, -0.15) is 0 Å². The molecule has 0 unspecified atom stereocenters.